The molecule has 3 amide bonds. The van der Waals surface area contributed by atoms with Gasteiger partial charge in [0, 0.05) is 18.2 Å². The van der Waals surface area contributed by atoms with Crippen LogP contribution in [0.5, 0.6) is 0 Å². The van der Waals surface area contributed by atoms with Gasteiger partial charge in [0.15, 0.2) is 6.10 Å². The van der Waals surface area contributed by atoms with Crippen molar-refractivity contribution in [3.05, 3.63) is 29.8 Å². The molecule has 1 aliphatic heterocycles. The second-order valence-electron chi connectivity index (χ2n) is 7.92. The molecule has 1 N–H and O–H groups in total. The first-order valence-electron chi connectivity index (χ1n) is 10.2. The van der Waals surface area contributed by atoms with Gasteiger partial charge in [-0.2, -0.15) is 0 Å². The Morgan fingerprint density at radius 2 is 1.53 bits per heavy atom. The zero-order chi connectivity index (χ0) is 22.0. The molecule has 4 atom stereocenters. The number of imide groups is 1. The summed E-state index contributed by atoms with van der Waals surface area (Å²) in [5.74, 6) is -2.76. The highest BCUT2D eigenvalue weighted by Gasteiger charge is 2.51. The van der Waals surface area contributed by atoms with E-state index in [1.54, 1.807) is 12.1 Å². The topological polar surface area (TPSA) is 110 Å². The maximum atomic E-state index is 12.6. The molecule has 30 heavy (non-hydrogen) atoms. The Morgan fingerprint density at radius 3 is 2.03 bits per heavy atom. The number of rotatable bonds is 6. The smallest absolute Gasteiger partial charge is 0.329 e. The number of nitrogens with zero attached hydrogens (tertiary/aromatic N) is 1. The lowest BCUT2D eigenvalue weighted by Gasteiger charge is -2.23. The average molecular weight is 414 g/mol. The fourth-order valence-corrected chi connectivity index (χ4v) is 4.16. The van der Waals surface area contributed by atoms with Gasteiger partial charge in [-0.05, 0) is 51.0 Å². The van der Waals surface area contributed by atoms with E-state index in [2.05, 4.69) is 5.32 Å². The molecule has 8 nitrogen and oxygen atoms in total. The first-order valence-corrected chi connectivity index (χ1v) is 10.2. The lowest BCUT2D eigenvalue weighted by Crippen LogP contribution is -2.45. The monoisotopic (exact) mass is 414 g/mol. The number of ether oxygens (including phenoxy) is 1. The van der Waals surface area contributed by atoms with Crippen LogP contribution in [0.2, 0.25) is 0 Å². The molecule has 0 aromatic heterocycles. The number of nitrogens with one attached hydrogen (secondary N) is 1. The molecular formula is C22H26N2O6. The summed E-state index contributed by atoms with van der Waals surface area (Å²) in [5.41, 5.74) is 0.862. The lowest BCUT2D eigenvalue weighted by atomic mass is 9.81. The van der Waals surface area contributed by atoms with Crippen molar-refractivity contribution in [1.82, 2.24) is 4.90 Å². The van der Waals surface area contributed by atoms with Gasteiger partial charge in [-0.1, -0.05) is 12.8 Å². The molecule has 0 radical (unpaired) electrons. The van der Waals surface area contributed by atoms with Crippen molar-refractivity contribution in [2.45, 2.75) is 58.6 Å². The van der Waals surface area contributed by atoms with Gasteiger partial charge in [-0.3, -0.25) is 24.1 Å². The van der Waals surface area contributed by atoms with Crippen LogP contribution in [-0.2, 0) is 23.9 Å². The van der Waals surface area contributed by atoms with E-state index in [0.29, 0.717) is 24.1 Å². The number of ketones is 1. The number of Topliss-reactive ketones (excluding diaryl/α,β-unsaturated/α-hetero) is 1. The van der Waals surface area contributed by atoms with Crippen molar-refractivity contribution >= 4 is 35.2 Å². The number of carbonyl (C=O) groups excluding carboxylic acids is 5. The van der Waals surface area contributed by atoms with Crippen molar-refractivity contribution in [1.29, 1.82) is 0 Å². The number of fused-ring (bicyclic) bond motifs is 1. The van der Waals surface area contributed by atoms with E-state index in [1.807, 2.05) is 0 Å². The molecule has 8 heteroatoms. The Hall–Kier alpha value is -3.03. The third kappa shape index (κ3) is 4.27. The van der Waals surface area contributed by atoms with E-state index in [0.717, 1.165) is 17.7 Å². The van der Waals surface area contributed by atoms with Crippen LogP contribution in [0.3, 0.4) is 0 Å². The summed E-state index contributed by atoms with van der Waals surface area (Å²) < 4.78 is 5.28. The largest absolute Gasteiger partial charge is 0.453 e. The van der Waals surface area contributed by atoms with E-state index in [1.165, 1.54) is 32.9 Å². The number of hydrogen-bond acceptors (Lipinski definition) is 6. The molecule has 160 valence electrons. The molecule has 2 aliphatic rings. The number of likely N-dealkylation sites (tertiary alicyclic amines) is 1. The van der Waals surface area contributed by atoms with Crippen LogP contribution in [-0.4, -0.2) is 46.5 Å². The first-order chi connectivity index (χ1) is 14.2. The number of benzene rings is 1. The highest BCUT2D eigenvalue weighted by molar-refractivity contribution is 6.08. The van der Waals surface area contributed by atoms with Crippen molar-refractivity contribution in [3.8, 4) is 0 Å². The molecule has 2 fully saturated rings. The van der Waals surface area contributed by atoms with Gasteiger partial charge in [0.1, 0.15) is 6.04 Å². The molecule has 1 aliphatic carbocycles. The molecule has 1 saturated heterocycles. The van der Waals surface area contributed by atoms with Gasteiger partial charge in [0.2, 0.25) is 23.5 Å². The zero-order valence-electron chi connectivity index (χ0n) is 17.3. The Balaban J connectivity index is 1.63. The summed E-state index contributed by atoms with van der Waals surface area (Å²) in [6.45, 7) is 4.28. The average Bonchev–Trinajstić information content (AvgIpc) is 2.97. The number of hydrogen-bond donors (Lipinski definition) is 1. The zero-order valence-corrected chi connectivity index (χ0v) is 17.3. The van der Waals surface area contributed by atoms with Crippen molar-refractivity contribution in [3.63, 3.8) is 0 Å². The predicted octanol–water partition coefficient (Wildman–Crippen LogP) is 2.32. The van der Waals surface area contributed by atoms with E-state index >= 15 is 0 Å². The van der Waals surface area contributed by atoms with Crippen LogP contribution in [0.4, 0.5) is 5.69 Å². The van der Waals surface area contributed by atoms with Gasteiger partial charge in [0.25, 0.3) is 0 Å². The number of anilines is 1. The third-order valence-corrected chi connectivity index (χ3v) is 5.76. The molecule has 1 heterocycles. The quantitative estimate of drug-likeness (QED) is 0.435. The number of carbonyl (C=O) groups is 5. The van der Waals surface area contributed by atoms with Gasteiger partial charge >= 0.3 is 5.97 Å². The van der Waals surface area contributed by atoms with Crippen LogP contribution in [0, 0.1) is 11.8 Å². The minimum atomic E-state index is -1.08. The van der Waals surface area contributed by atoms with Gasteiger partial charge < -0.3 is 10.1 Å². The summed E-state index contributed by atoms with van der Waals surface area (Å²) in [4.78, 5) is 62.5. The standard InChI is InChI=1S/C22H26N2O6/c1-12(24-20(27)17-6-4-5-7-18(17)21(24)28)22(29)30-13(2)19(26)15-8-10-16(11-9-15)23-14(3)25/h8-13,17-18H,4-7H2,1-3H3,(H,23,25)/t12-,13+,17-,18-/m0/s1. The fraction of sp³-hybridized carbons (Fsp3) is 0.500. The second kappa shape index (κ2) is 8.77. The lowest BCUT2D eigenvalue weighted by molar-refractivity contribution is -0.159. The SMILES string of the molecule is CC(=O)Nc1ccc(C(=O)[C@@H](C)OC(=O)[C@H](C)N2C(=O)[C@H]3CCCC[C@@H]3C2=O)cc1. The van der Waals surface area contributed by atoms with E-state index in [-0.39, 0.29) is 29.6 Å². The normalized spacial score (nSPS) is 22.8. The third-order valence-electron chi connectivity index (χ3n) is 5.76. The molecule has 3 rings (SSSR count). The molecule has 0 bridgehead atoms. The molecule has 1 aromatic carbocycles. The molecule has 0 unspecified atom stereocenters. The highest BCUT2D eigenvalue weighted by atomic mass is 16.5. The number of esters is 1. The molecule has 1 saturated carbocycles. The van der Waals surface area contributed by atoms with Crippen LogP contribution < -0.4 is 5.32 Å². The van der Waals surface area contributed by atoms with Crippen LogP contribution in [0.25, 0.3) is 0 Å². The highest BCUT2D eigenvalue weighted by Crippen LogP contribution is 2.39. The minimum Gasteiger partial charge on any atom is -0.453 e. The van der Waals surface area contributed by atoms with Gasteiger partial charge in [-0.15, -0.1) is 0 Å². The number of amides is 3. The Bertz CT molecular complexity index is 854. The minimum absolute atomic E-state index is 0.226. The maximum absolute atomic E-state index is 12.6. The van der Waals surface area contributed by atoms with Gasteiger partial charge in [0.05, 0.1) is 11.8 Å². The summed E-state index contributed by atoms with van der Waals surface area (Å²) in [6.07, 6.45) is 2.05. The van der Waals surface area contributed by atoms with Crippen LogP contribution in [0.1, 0.15) is 56.8 Å². The summed E-state index contributed by atoms with van der Waals surface area (Å²) in [6, 6.07) is 5.14. The Labute approximate surface area is 174 Å². The molecular weight excluding hydrogens is 388 g/mol. The van der Waals surface area contributed by atoms with E-state index in [9.17, 15) is 24.0 Å². The summed E-state index contributed by atoms with van der Waals surface area (Å²) in [5, 5.41) is 2.60. The maximum Gasteiger partial charge on any atom is 0.329 e. The Kier molecular flexibility index (Phi) is 6.34. The molecule has 1 aromatic rings. The predicted molar refractivity (Wildman–Crippen MR) is 107 cm³/mol. The van der Waals surface area contributed by atoms with E-state index in [4.69, 9.17) is 4.74 Å². The summed E-state index contributed by atoms with van der Waals surface area (Å²) >= 11 is 0. The second-order valence-corrected chi connectivity index (χ2v) is 7.92. The van der Waals surface area contributed by atoms with Crippen molar-refractivity contribution < 1.29 is 28.7 Å². The van der Waals surface area contributed by atoms with Crippen LogP contribution in [0.15, 0.2) is 24.3 Å². The van der Waals surface area contributed by atoms with Crippen molar-refractivity contribution in [2.75, 3.05) is 5.32 Å². The first kappa shape index (κ1) is 21.7. The summed E-state index contributed by atoms with van der Waals surface area (Å²) in [7, 11) is 0. The van der Waals surface area contributed by atoms with E-state index < -0.39 is 23.9 Å². The van der Waals surface area contributed by atoms with Crippen molar-refractivity contribution in [2.24, 2.45) is 11.8 Å². The Morgan fingerprint density at radius 1 is 1.00 bits per heavy atom. The molecule has 0 spiro atoms. The van der Waals surface area contributed by atoms with Gasteiger partial charge in [-0.25, -0.2) is 4.79 Å². The van der Waals surface area contributed by atoms with Crippen LogP contribution >= 0.6 is 0 Å². The fourth-order valence-electron chi connectivity index (χ4n) is 4.16.